The molecule has 0 bridgehead atoms. The average Bonchev–Trinajstić information content (AvgIpc) is 2.56. The zero-order valence-corrected chi connectivity index (χ0v) is 15.8. The molecule has 0 aromatic heterocycles. The standard InChI is InChI=1S/C16H21NO3P2S/c1-3-19-22(23,20-4-2)17-21(18,15-11-7-5-8-12-15)16-13-9-6-10-14-16/h5-14H,3-4H2,1-2H3,(H,17,18,23). The summed E-state index contributed by atoms with van der Waals surface area (Å²) < 4.78 is 25.1. The molecule has 7 heteroatoms. The maximum absolute atomic E-state index is 13.9. The summed E-state index contributed by atoms with van der Waals surface area (Å²) in [6.45, 7) is 1.63. The molecule has 0 radical (unpaired) electrons. The van der Waals surface area contributed by atoms with Crippen LogP contribution >= 0.6 is 13.9 Å². The third-order valence-electron chi connectivity index (χ3n) is 3.10. The smallest absolute Gasteiger partial charge is 0.267 e. The molecule has 23 heavy (non-hydrogen) atoms. The summed E-state index contributed by atoms with van der Waals surface area (Å²) in [5.74, 6) is 0. The van der Waals surface area contributed by atoms with Gasteiger partial charge >= 0.3 is 0 Å². The lowest BCUT2D eigenvalue weighted by atomic mass is 10.4. The van der Waals surface area contributed by atoms with Crippen LogP contribution in [0.2, 0.25) is 0 Å². The topological polar surface area (TPSA) is 47.6 Å². The Morgan fingerprint density at radius 3 is 1.61 bits per heavy atom. The maximum atomic E-state index is 13.9. The molecule has 124 valence electrons. The highest BCUT2D eigenvalue weighted by atomic mass is 32.5. The van der Waals surface area contributed by atoms with Gasteiger partial charge in [0.05, 0.1) is 13.2 Å². The van der Waals surface area contributed by atoms with Crippen LogP contribution < -0.4 is 15.5 Å². The minimum Gasteiger partial charge on any atom is -0.318 e. The third-order valence-corrected chi connectivity index (χ3v) is 9.82. The molecule has 0 unspecified atom stereocenters. The summed E-state index contributed by atoms with van der Waals surface area (Å²) in [4.78, 5) is 3.08. The first kappa shape index (κ1) is 18.5. The first-order chi connectivity index (χ1) is 11.0. The predicted molar refractivity (Wildman–Crippen MR) is 100 cm³/mol. The Morgan fingerprint density at radius 2 is 1.26 bits per heavy atom. The van der Waals surface area contributed by atoms with E-state index in [2.05, 4.69) is 4.86 Å². The van der Waals surface area contributed by atoms with Crippen LogP contribution in [0.3, 0.4) is 0 Å². The van der Waals surface area contributed by atoms with Crippen molar-refractivity contribution >= 4 is 36.4 Å². The molecule has 0 aliphatic carbocycles. The quantitative estimate of drug-likeness (QED) is 0.717. The van der Waals surface area contributed by atoms with Gasteiger partial charge in [-0.25, -0.2) is 0 Å². The van der Waals surface area contributed by atoms with Gasteiger partial charge < -0.3 is 9.05 Å². The van der Waals surface area contributed by atoms with Crippen LogP contribution in [0.1, 0.15) is 13.8 Å². The summed E-state index contributed by atoms with van der Waals surface area (Å²) >= 11 is 5.53. The van der Waals surface area contributed by atoms with Gasteiger partial charge in [-0.3, -0.25) is 4.57 Å². The number of hydrogen-bond acceptors (Lipinski definition) is 4. The third kappa shape index (κ3) is 4.60. The van der Waals surface area contributed by atoms with Crippen molar-refractivity contribution < 1.29 is 13.6 Å². The largest absolute Gasteiger partial charge is 0.318 e. The maximum Gasteiger partial charge on any atom is 0.267 e. The highest BCUT2D eigenvalue weighted by Gasteiger charge is 2.34. The van der Waals surface area contributed by atoms with E-state index in [1.54, 1.807) is 0 Å². The molecule has 0 amide bonds. The van der Waals surface area contributed by atoms with E-state index in [0.29, 0.717) is 23.8 Å². The van der Waals surface area contributed by atoms with E-state index in [-0.39, 0.29) is 0 Å². The summed E-state index contributed by atoms with van der Waals surface area (Å²) in [5, 5.41) is 1.36. The SMILES string of the molecule is CCOP(=S)(NP(=O)(c1ccccc1)c1ccccc1)OCC. The van der Waals surface area contributed by atoms with E-state index >= 15 is 0 Å². The van der Waals surface area contributed by atoms with Gasteiger partial charge in [0.25, 0.3) is 6.64 Å². The molecular formula is C16H21NO3P2S. The molecule has 2 aromatic rings. The van der Waals surface area contributed by atoms with Gasteiger partial charge in [0.2, 0.25) is 7.29 Å². The van der Waals surface area contributed by atoms with E-state index in [9.17, 15) is 4.57 Å². The van der Waals surface area contributed by atoms with E-state index < -0.39 is 13.9 Å². The van der Waals surface area contributed by atoms with Gasteiger partial charge in [-0.05, 0) is 49.9 Å². The van der Waals surface area contributed by atoms with Crippen molar-refractivity contribution in [2.75, 3.05) is 13.2 Å². The highest BCUT2D eigenvalue weighted by Crippen LogP contribution is 2.55. The Kier molecular flexibility index (Phi) is 6.72. The lowest BCUT2D eigenvalue weighted by Gasteiger charge is -2.28. The minimum absolute atomic E-state index is 0.397. The molecular weight excluding hydrogens is 348 g/mol. The van der Waals surface area contributed by atoms with Crippen molar-refractivity contribution in [3.8, 4) is 0 Å². The van der Waals surface area contributed by atoms with Crippen molar-refractivity contribution in [2.45, 2.75) is 13.8 Å². The number of hydrogen-bond donors (Lipinski definition) is 1. The second kappa shape index (κ2) is 8.34. The van der Waals surface area contributed by atoms with Gasteiger partial charge in [0.15, 0.2) is 0 Å². The Hall–Kier alpha value is -0.800. The van der Waals surface area contributed by atoms with E-state index in [0.717, 1.165) is 0 Å². The monoisotopic (exact) mass is 369 g/mol. The zero-order valence-electron chi connectivity index (χ0n) is 13.2. The molecule has 0 fully saturated rings. The number of benzene rings is 2. The van der Waals surface area contributed by atoms with Crippen molar-refractivity contribution in [1.29, 1.82) is 0 Å². The number of rotatable bonds is 8. The zero-order chi connectivity index (χ0) is 16.8. The normalized spacial score (nSPS) is 12.3. The molecule has 1 N–H and O–H groups in total. The van der Waals surface area contributed by atoms with Gasteiger partial charge in [0.1, 0.15) is 0 Å². The lowest BCUT2D eigenvalue weighted by molar-refractivity contribution is 0.264. The van der Waals surface area contributed by atoms with Crippen LogP contribution in [0, 0.1) is 0 Å². The first-order valence-electron chi connectivity index (χ1n) is 7.44. The molecule has 0 aliphatic rings. The van der Waals surface area contributed by atoms with Crippen LogP contribution in [0.15, 0.2) is 60.7 Å². The van der Waals surface area contributed by atoms with Crippen molar-refractivity contribution in [2.24, 2.45) is 0 Å². The molecule has 4 nitrogen and oxygen atoms in total. The Labute approximate surface area is 142 Å². The Balaban J connectivity index is 2.51. The molecule has 0 atom stereocenters. The van der Waals surface area contributed by atoms with Crippen molar-refractivity contribution in [3.05, 3.63) is 60.7 Å². The van der Waals surface area contributed by atoms with Crippen LogP contribution in [0.25, 0.3) is 0 Å². The molecule has 0 saturated carbocycles. The summed E-state index contributed by atoms with van der Waals surface area (Å²) in [7, 11) is -3.16. The van der Waals surface area contributed by atoms with Crippen LogP contribution in [0.4, 0.5) is 0 Å². The van der Waals surface area contributed by atoms with Gasteiger partial charge in [0, 0.05) is 10.6 Å². The van der Waals surface area contributed by atoms with Crippen LogP contribution in [-0.2, 0) is 25.4 Å². The summed E-state index contributed by atoms with van der Waals surface area (Å²) in [6, 6.07) is 18.5. The fourth-order valence-electron chi connectivity index (χ4n) is 2.15. The van der Waals surface area contributed by atoms with Gasteiger partial charge in [-0.15, -0.1) is 0 Å². The number of nitrogens with one attached hydrogen (secondary N) is 1. The molecule has 0 heterocycles. The molecule has 2 aromatic carbocycles. The fraction of sp³-hybridized carbons (Fsp3) is 0.250. The van der Waals surface area contributed by atoms with E-state index in [1.807, 2.05) is 74.5 Å². The fourth-order valence-corrected chi connectivity index (χ4v) is 8.82. The predicted octanol–water partition coefficient (Wildman–Crippen LogP) is 3.80. The van der Waals surface area contributed by atoms with Crippen LogP contribution in [-0.4, -0.2) is 13.2 Å². The molecule has 0 saturated heterocycles. The second-order valence-corrected chi connectivity index (χ2v) is 10.7. The van der Waals surface area contributed by atoms with E-state index in [4.69, 9.17) is 20.9 Å². The van der Waals surface area contributed by atoms with E-state index in [1.165, 1.54) is 0 Å². The van der Waals surface area contributed by atoms with Crippen molar-refractivity contribution in [3.63, 3.8) is 0 Å². The minimum atomic E-state index is -3.16. The summed E-state index contributed by atoms with van der Waals surface area (Å²) in [6.07, 6.45) is 0. The van der Waals surface area contributed by atoms with Crippen molar-refractivity contribution in [1.82, 2.24) is 4.86 Å². The molecule has 2 rings (SSSR count). The molecule has 0 spiro atoms. The average molecular weight is 369 g/mol. The van der Waals surface area contributed by atoms with Crippen LogP contribution in [0.5, 0.6) is 0 Å². The van der Waals surface area contributed by atoms with Gasteiger partial charge in [-0.1, -0.05) is 36.4 Å². The lowest BCUT2D eigenvalue weighted by Crippen LogP contribution is -2.27. The molecule has 0 aliphatic heterocycles. The van der Waals surface area contributed by atoms with Gasteiger partial charge in [-0.2, -0.15) is 4.86 Å². The summed E-state index contributed by atoms with van der Waals surface area (Å²) in [5.41, 5.74) is 0. The Morgan fingerprint density at radius 1 is 0.870 bits per heavy atom. The highest BCUT2D eigenvalue weighted by molar-refractivity contribution is 8.12. The first-order valence-corrected chi connectivity index (χ1v) is 11.8. The Bertz CT molecular complexity index is 656. The second-order valence-electron chi connectivity index (χ2n) is 4.71.